The van der Waals surface area contributed by atoms with E-state index < -0.39 is 0 Å². The molecular formula is C24H28N2O4. The van der Waals surface area contributed by atoms with Gasteiger partial charge in [0, 0.05) is 47.6 Å². The topological polar surface area (TPSA) is 78.9 Å². The first-order chi connectivity index (χ1) is 14.2. The van der Waals surface area contributed by atoms with E-state index in [0.717, 1.165) is 29.0 Å². The Balaban J connectivity index is 1.95. The Morgan fingerprint density at radius 2 is 1.93 bits per heavy atom. The average Bonchev–Trinajstić information content (AvgIpc) is 2.72. The highest BCUT2D eigenvalue weighted by Gasteiger charge is 2.28. The summed E-state index contributed by atoms with van der Waals surface area (Å²) in [6.45, 7) is 4.31. The number of benzene rings is 2. The maximum Gasteiger partial charge on any atom is 0.253 e. The number of fused-ring (bicyclic) bond motifs is 1. The number of amides is 1. The molecule has 0 atom stereocenters. The van der Waals surface area contributed by atoms with Crippen molar-refractivity contribution in [1.82, 2.24) is 10.2 Å². The van der Waals surface area contributed by atoms with E-state index >= 15 is 0 Å². The third-order valence-electron chi connectivity index (χ3n) is 5.16. The molecule has 2 N–H and O–H groups in total. The number of likely N-dealkylation sites (N-methyl/N-ethyl adjacent to an activating group) is 1. The largest absolute Gasteiger partial charge is 0.497 e. The Bertz CT molecular complexity index is 994. The van der Waals surface area contributed by atoms with Gasteiger partial charge in [0.25, 0.3) is 5.91 Å². The first-order valence-electron chi connectivity index (χ1n) is 9.92. The van der Waals surface area contributed by atoms with Crippen molar-refractivity contribution in [3.8, 4) is 5.75 Å². The fourth-order valence-electron chi connectivity index (χ4n) is 3.65. The molecule has 0 radical (unpaired) electrons. The molecule has 0 bridgehead atoms. The van der Waals surface area contributed by atoms with Crippen LogP contribution in [0.3, 0.4) is 0 Å². The minimum atomic E-state index is -0.238. The second-order valence-corrected chi connectivity index (χ2v) is 8.16. The number of allylic oxidation sites excluding steroid dienone is 1. The van der Waals surface area contributed by atoms with Gasteiger partial charge in [-0.2, -0.15) is 0 Å². The Morgan fingerprint density at radius 1 is 1.20 bits per heavy atom. The van der Waals surface area contributed by atoms with Gasteiger partial charge in [-0.15, -0.1) is 0 Å². The predicted molar refractivity (Wildman–Crippen MR) is 117 cm³/mol. The molecule has 30 heavy (non-hydrogen) atoms. The minimum Gasteiger partial charge on any atom is -0.497 e. The van der Waals surface area contributed by atoms with Gasteiger partial charge in [-0.1, -0.05) is 18.2 Å². The summed E-state index contributed by atoms with van der Waals surface area (Å²) in [6.07, 6.45) is 2.42. The summed E-state index contributed by atoms with van der Waals surface area (Å²) in [6, 6.07) is 12.5. The van der Waals surface area contributed by atoms with Crippen LogP contribution in [0.15, 0.2) is 48.5 Å². The number of aliphatic hydroxyl groups excluding tert-OH is 1. The lowest BCUT2D eigenvalue weighted by Crippen LogP contribution is -2.43. The highest BCUT2D eigenvalue weighted by molar-refractivity contribution is 6.10. The second-order valence-electron chi connectivity index (χ2n) is 8.16. The van der Waals surface area contributed by atoms with Gasteiger partial charge in [-0.05, 0) is 50.1 Å². The molecule has 1 aliphatic heterocycles. The number of ether oxygens (including phenoxy) is 1. The molecule has 0 aliphatic carbocycles. The lowest BCUT2D eigenvalue weighted by Gasteiger charge is -2.35. The first-order valence-corrected chi connectivity index (χ1v) is 9.92. The number of rotatable bonds is 6. The molecule has 1 aliphatic rings. The summed E-state index contributed by atoms with van der Waals surface area (Å²) < 4.78 is 5.35. The summed E-state index contributed by atoms with van der Waals surface area (Å²) in [5, 5.41) is 12.5. The number of hydrogen-bond donors (Lipinski definition) is 2. The summed E-state index contributed by atoms with van der Waals surface area (Å²) in [5.74, 6) is 0.301. The third-order valence-corrected chi connectivity index (χ3v) is 5.16. The van der Waals surface area contributed by atoms with Gasteiger partial charge in [0.15, 0.2) is 5.78 Å². The Kier molecular flexibility index (Phi) is 6.27. The van der Waals surface area contributed by atoms with Crippen LogP contribution in [-0.4, -0.2) is 54.5 Å². The monoisotopic (exact) mass is 408 g/mol. The van der Waals surface area contributed by atoms with Crippen molar-refractivity contribution in [3.63, 3.8) is 0 Å². The van der Waals surface area contributed by atoms with Gasteiger partial charge < -0.3 is 20.1 Å². The lowest BCUT2D eigenvalue weighted by molar-refractivity contribution is 0.0767. The normalized spacial score (nSPS) is 15.8. The van der Waals surface area contributed by atoms with Gasteiger partial charge >= 0.3 is 0 Å². The van der Waals surface area contributed by atoms with E-state index in [9.17, 15) is 9.59 Å². The van der Waals surface area contributed by atoms with Crippen molar-refractivity contribution >= 4 is 17.4 Å². The van der Waals surface area contributed by atoms with Crippen molar-refractivity contribution in [1.29, 1.82) is 0 Å². The van der Waals surface area contributed by atoms with Crippen LogP contribution in [0.5, 0.6) is 5.75 Å². The van der Waals surface area contributed by atoms with E-state index in [0.29, 0.717) is 11.1 Å². The Labute approximate surface area is 177 Å². The van der Waals surface area contributed by atoms with Crippen LogP contribution in [0.25, 0.3) is 5.70 Å². The molecule has 1 amide bonds. The van der Waals surface area contributed by atoms with Crippen LogP contribution in [0.2, 0.25) is 0 Å². The van der Waals surface area contributed by atoms with E-state index in [2.05, 4.69) is 19.2 Å². The van der Waals surface area contributed by atoms with E-state index in [1.165, 1.54) is 4.90 Å². The molecule has 0 fully saturated rings. The van der Waals surface area contributed by atoms with E-state index in [1.54, 1.807) is 44.5 Å². The molecule has 0 saturated carbocycles. The number of aliphatic hydroxyl groups is 1. The number of methoxy groups -OCH3 is 1. The SMILES string of the molecule is COc1ccc2c(c1)C(=CC(=O)c1cccc(C(=O)N(C)CCO)c1)NC(C)(C)C2. The van der Waals surface area contributed by atoms with Crippen LogP contribution >= 0.6 is 0 Å². The lowest BCUT2D eigenvalue weighted by atomic mass is 9.85. The Morgan fingerprint density at radius 3 is 2.63 bits per heavy atom. The number of carbonyl (C=O) groups excluding carboxylic acids is 2. The van der Waals surface area contributed by atoms with Crippen molar-refractivity contribution in [2.24, 2.45) is 0 Å². The van der Waals surface area contributed by atoms with Gasteiger partial charge in [0.1, 0.15) is 5.75 Å². The zero-order valence-electron chi connectivity index (χ0n) is 17.9. The molecule has 6 nitrogen and oxygen atoms in total. The summed E-state index contributed by atoms with van der Waals surface area (Å²) in [4.78, 5) is 27.0. The highest BCUT2D eigenvalue weighted by atomic mass is 16.5. The molecule has 158 valence electrons. The highest BCUT2D eigenvalue weighted by Crippen LogP contribution is 2.32. The maximum absolute atomic E-state index is 13.0. The molecule has 0 saturated heterocycles. The summed E-state index contributed by atoms with van der Waals surface area (Å²) >= 11 is 0. The van der Waals surface area contributed by atoms with Crippen LogP contribution in [0.1, 0.15) is 45.7 Å². The summed E-state index contributed by atoms with van der Waals surface area (Å²) in [7, 11) is 3.24. The van der Waals surface area contributed by atoms with E-state index in [4.69, 9.17) is 9.84 Å². The maximum atomic E-state index is 13.0. The fraction of sp³-hybridized carbons (Fsp3) is 0.333. The van der Waals surface area contributed by atoms with Crippen molar-refractivity contribution in [3.05, 3.63) is 70.8 Å². The Hall–Kier alpha value is -3.12. The number of nitrogens with zero attached hydrogens (tertiary/aromatic N) is 1. The predicted octanol–water partition coefficient (Wildman–Crippen LogP) is 2.91. The molecule has 0 aromatic heterocycles. The number of ketones is 1. The molecule has 2 aromatic rings. The minimum absolute atomic E-state index is 0.114. The third kappa shape index (κ3) is 4.71. The van der Waals surface area contributed by atoms with Gasteiger partial charge in [-0.25, -0.2) is 0 Å². The number of nitrogens with one attached hydrogen (secondary N) is 1. The van der Waals surface area contributed by atoms with Crippen molar-refractivity contribution < 1.29 is 19.4 Å². The van der Waals surface area contributed by atoms with Gasteiger partial charge in [-0.3, -0.25) is 9.59 Å². The fourth-order valence-corrected chi connectivity index (χ4v) is 3.65. The molecular weight excluding hydrogens is 380 g/mol. The average molecular weight is 408 g/mol. The standard InChI is InChI=1S/C24H28N2O4/c1-24(2)15-18-8-9-19(30-4)13-20(18)21(25-24)14-22(28)16-6-5-7-17(12-16)23(29)26(3)10-11-27/h5-9,12-14,25,27H,10-11,15H2,1-4H3. The van der Waals surface area contributed by atoms with Crippen LogP contribution in [-0.2, 0) is 6.42 Å². The first kappa shape index (κ1) is 21.6. The number of carbonyl (C=O) groups is 2. The van der Waals surface area contributed by atoms with E-state index in [-0.39, 0.29) is 30.4 Å². The molecule has 6 heteroatoms. The van der Waals surface area contributed by atoms with Gasteiger partial charge in [0.2, 0.25) is 0 Å². The molecule has 3 rings (SSSR count). The molecule has 0 unspecified atom stereocenters. The van der Waals surface area contributed by atoms with Crippen LogP contribution < -0.4 is 10.1 Å². The molecule has 2 aromatic carbocycles. The summed E-state index contributed by atoms with van der Waals surface area (Å²) in [5.41, 5.74) is 3.47. The molecule has 0 spiro atoms. The van der Waals surface area contributed by atoms with Crippen LogP contribution in [0.4, 0.5) is 0 Å². The van der Waals surface area contributed by atoms with Crippen molar-refractivity contribution in [2.45, 2.75) is 25.8 Å². The van der Waals surface area contributed by atoms with Gasteiger partial charge in [0.05, 0.1) is 13.7 Å². The van der Waals surface area contributed by atoms with Crippen LogP contribution in [0, 0.1) is 0 Å². The zero-order valence-corrected chi connectivity index (χ0v) is 17.9. The van der Waals surface area contributed by atoms with E-state index in [1.807, 2.05) is 18.2 Å². The zero-order chi connectivity index (χ0) is 21.9. The molecule has 1 heterocycles. The second kappa shape index (κ2) is 8.71. The number of hydrogen-bond acceptors (Lipinski definition) is 5. The quantitative estimate of drug-likeness (QED) is 0.568. The smallest absolute Gasteiger partial charge is 0.253 e. The van der Waals surface area contributed by atoms with Crippen molar-refractivity contribution in [2.75, 3.05) is 27.3 Å².